The van der Waals surface area contributed by atoms with Crippen LogP contribution in [0.25, 0.3) is 0 Å². The molecule has 0 saturated carbocycles. The normalized spacial score (nSPS) is 18.1. The van der Waals surface area contributed by atoms with Crippen LogP contribution in [0.1, 0.15) is 45.6 Å². The highest BCUT2D eigenvalue weighted by molar-refractivity contribution is 7.89. The number of piperidine rings is 1. The summed E-state index contributed by atoms with van der Waals surface area (Å²) in [4.78, 5) is 0.428. The van der Waals surface area contributed by atoms with Crippen LogP contribution in [0.5, 0.6) is 0 Å². The first kappa shape index (κ1) is 15.5. The van der Waals surface area contributed by atoms with E-state index >= 15 is 0 Å². The Morgan fingerprint density at radius 2 is 1.55 bits per heavy atom. The topological polar surface area (TPSA) is 37.4 Å². The van der Waals surface area contributed by atoms with Crippen LogP contribution in [0.15, 0.2) is 29.2 Å². The highest BCUT2D eigenvalue weighted by atomic mass is 32.2. The molecule has 20 heavy (non-hydrogen) atoms. The molecular formula is C16H25NO2S. The first-order chi connectivity index (χ1) is 9.29. The van der Waals surface area contributed by atoms with E-state index in [-0.39, 0.29) is 5.41 Å². The lowest BCUT2D eigenvalue weighted by Crippen LogP contribution is -2.35. The lowest BCUT2D eigenvalue weighted by molar-refractivity contribution is 0.346. The van der Waals surface area contributed by atoms with Crippen molar-refractivity contribution in [2.24, 2.45) is 5.41 Å². The Balaban J connectivity index is 2.16. The Morgan fingerprint density at radius 1 is 1.00 bits per heavy atom. The Kier molecular flexibility index (Phi) is 4.55. The van der Waals surface area contributed by atoms with Crippen LogP contribution < -0.4 is 0 Å². The van der Waals surface area contributed by atoms with Crippen molar-refractivity contribution < 1.29 is 8.42 Å². The molecule has 1 saturated heterocycles. The van der Waals surface area contributed by atoms with Crippen molar-refractivity contribution in [1.82, 2.24) is 4.31 Å². The van der Waals surface area contributed by atoms with Gasteiger partial charge in [-0.05, 0) is 42.4 Å². The van der Waals surface area contributed by atoms with E-state index in [1.54, 1.807) is 16.4 Å². The van der Waals surface area contributed by atoms with Crippen LogP contribution in [-0.2, 0) is 16.4 Å². The minimum atomic E-state index is -3.29. The van der Waals surface area contributed by atoms with Gasteiger partial charge in [0.1, 0.15) is 0 Å². The summed E-state index contributed by atoms with van der Waals surface area (Å²) in [6.45, 7) is 7.88. The van der Waals surface area contributed by atoms with E-state index < -0.39 is 10.0 Å². The third-order valence-electron chi connectivity index (χ3n) is 3.61. The lowest BCUT2D eigenvalue weighted by atomic mass is 9.88. The van der Waals surface area contributed by atoms with Crippen LogP contribution in [0, 0.1) is 5.41 Å². The van der Waals surface area contributed by atoms with Crippen molar-refractivity contribution >= 4 is 10.0 Å². The number of hydrogen-bond acceptors (Lipinski definition) is 2. The second-order valence-electron chi connectivity index (χ2n) is 6.85. The van der Waals surface area contributed by atoms with Crippen molar-refractivity contribution in [1.29, 1.82) is 0 Å². The average Bonchev–Trinajstić information content (AvgIpc) is 2.38. The van der Waals surface area contributed by atoms with Gasteiger partial charge < -0.3 is 0 Å². The fourth-order valence-electron chi connectivity index (χ4n) is 2.65. The molecule has 0 aliphatic carbocycles. The molecule has 1 aromatic carbocycles. The van der Waals surface area contributed by atoms with Gasteiger partial charge in [-0.25, -0.2) is 8.42 Å². The Hall–Kier alpha value is -0.870. The number of hydrogen-bond donors (Lipinski definition) is 0. The zero-order chi connectivity index (χ0) is 14.8. The van der Waals surface area contributed by atoms with Crippen LogP contribution in [0.2, 0.25) is 0 Å². The smallest absolute Gasteiger partial charge is 0.207 e. The van der Waals surface area contributed by atoms with Gasteiger partial charge in [-0.3, -0.25) is 0 Å². The lowest BCUT2D eigenvalue weighted by Gasteiger charge is -2.26. The SMILES string of the molecule is CC(C)(C)Cc1ccc(S(=O)(=O)N2CCCCC2)cc1. The zero-order valence-electron chi connectivity index (χ0n) is 12.7. The molecule has 1 aromatic rings. The first-order valence-corrected chi connectivity index (χ1v) is 8.82. The highest BCUT2D eigenvalue weighted by Gasteiger charge is 2.25. The number of benzene rings is 1. The molecule has 0 spiro atoms. The van der Waals surface area contributed by atoms with Crippen LogP contribution in [0.4, 0.5) is 0 Å². The van der Waals surface area contributed by atoms with Gasteiger partial charge in [0.25, 0.3) is 0 Å². The molecule has 1 heterocycles. The van der Waals surface area contributed by atoms with Gasteiger partial charge in [-0.2, -0.15) is 4.31 Å². The van der Waals surface area contributed by atoms with Gasteiger partial charge in [0, 0.05) is 13.1 Å². The summed E-state index contributed by atoms with van der Waals surface area (Å²) in [6, 6.07) is 7.40. The van der Waals surface area contributed by atoms with Crippen molar-refractivity contribution in [3.8, 4) is 0 Å². The van der Waals surface area contributed by atoms with Crippen molar-refractivity contribution in [2.75, 3.05) is 13.1 Å². The third-order valence-corrected chi connectivity index (χ3v) is 5.52. The van der Waals surface area contributed by atoms with Gasteiger partial charge in [0.15, 0.2) is 0 Å². The number of sulfonamides is 1. The summed E-state index contributed by atoms with van der Waals surface area (Å²) in [5.41, 5.74) is 1.41. The second kappa shape index (κ2) is 5.86. The molecule has 1 fully saturated rings. The molecule has 0 amide bonds. The van der Waals surface area contributed by atoms with Gasteiger partial charge in [-0.15, -0.1) is 0 Å². The fraction of sp³-hybridized carbons (Fsp3) is 0.625. The maximum atomic E-state index is 12.5. The Labute approximate surface area is 123 Å². The van der Waals surface area contributed by atoms with Gasteiger partial charge in [0.2, 0.25) is 10.0 Å². The molecule has 4 heteroatoms. The molecule has 3 nitrogen and oxygen atoms in total. The molecule has 0 bridgehead atoms. The van der Waals surface area contributed by atoms with Crippen molar-refractivity contribution in [3.05, 3.63) is 29.8 Å². The van der Waals surface area contributed by atoms with E-state index in [1.807, 2.05) is 12.1 Å². The van der Waals surface area contributed by atoms with Crippen LogP contribution >= 0.6 is 0 Å². The number of rotatable bonds is 3. The van der Waals surface area contributed by atoms with E-state index in [9.17, 15) is 8.42 Å². The standard InChI is InChI=1S/C16H25NO2S/c1-16(2,3)13-14-7-9-15(10-8-14)20(18,19)17-11-5-4-6-12-17/h7-10H,4-6,11-13H2,1-3H3. The molecule has 2 rings (SSSR count). The summed E-state index contributed by atoms with van der Waals surface area (Å²) in [7, 11) is -3.29. The summed E-state index contributed by atoms with van der Waals surface area (Å²) in [5.74, 6) is 0. The molecule has 1 aliphatic rings. The van der Waals surface area contributed by atoms with E-state index in [0.29, 0.717) is 18.0 Å². The maximum absolute atomic E-state index is 12.5. The Morgan fingerprint density at radius 3 is 2.05 bits per heavy atom. The number of nitrogens with zero attached hydrogens (tertiary/aromatic N) is 1. The van der Waals surface area contributed by atoms with E-state index in [2.05, 4.69) is 20.8 Å². The molecule has 112 valence electrons. The van der Waals surface area contributed by atoms with Gasteiger partial charge in [-0.1, -0.05) is 39.3 Å². The maximum Gasteiger partial charge on any atom is 0.243 e. The minimum absolute atomic E-state index is 0.216. The highest BCUT2D eigenvalue weighted by Crippen LogP contribution is 2.24. The average molecular weight is 295 g/mol. The van der Waals surface area contributed by atoms with Crippen LogP contribution in [-0.4, -0.2) is 25.8 Å². The molecule has 1 aliphatic heterocycles. The third kappa shape index (κ3) is 3.83. The van der Waals surface area contributed by atoms with Crippen molar-refractivity contribution in [3.63, 3.8) is 0 Å². The minimum Gasteiger partial charge on any atom is -0.207 e. The molecule has 0 atom stereocenters. The fourth-order valence-corrected chi connectivity index (χ4v) is 4.16. The zero-order valence-corrected chi connectivity index (χ0v) is 13.5. The summed E-state index contributed by atoms with van der Waals surface area (Å²) < 4.78 is 26.6. The molecule has 0 aromatic heterocycles. The van der Waals surface area contributed by atoms with E-state index in [1.165, 1.54) is 5.56 Å². The van der Waals surface area contributed by atoms with E-state index in [0.717, 1.165) is 25.7 Å². The summed E-state index contributed by atoms with van der Waals surface area (Å²) in [5, 5.41) is 0. The van der Waals surface area contributed by atoms with Crippen LogP contribution in [0.3, 0.4) is 0 Å². The van der Waals surface area contributed by atoms with Crippen molar-refractivity contribution in [2.45, 2.75) is 51.3 Å². The molecule has 0 unspecified atom stereocenters. The van der Waals surface area contributed by atoms with Gasteiger partial charge in [0.05, 0.1) is 4.90 Å². The van der Waals surface area contributed by atoms with Gasteiger partial charge >= 0.3 is 0 Å². The summed E-state index contributed by atoms with van der Waals surface area (Å²) >= 11 is 0. The molecular weight excluding hydrogens is 270 g/mol. The molecule has 0 radical (unpaired) electrons. The molecule has 0 N–H and O–H groups in total. The second-order valence-corrected chi connectivity index (χ2v) is 8.78. The largest absolute Gasteiger partial charge is 0.243 e. The monoisotopic (exact) mass is 295 g/mol. The Bertz CT molecular complexity index is 535. The predicted molar refractivity (Wildman–Crippen MR) is 82.2 cm³/mol. The predicted octanol–water partition coefficient (Wildman–Crippen LogP) is 3.45. The quantitative estimate of drug-likeness (QED) is 0.856. The summed E-state index contributed by atoms with van der Waals surface area (Å²) in [6.07, 6.45) is 4.04. The van der Waals surface area contributed by atoms with E-state index in [4.69, 9.17) is 0 Å². The first-order valence-electron chi connectivity index (χ1n) is 7.38.